The number of hydrazine groups is 1. The van der Waals surface area contributed by atoms with E-state index in [1.165, 1.54) is 6.92 Å². The number of hydrogen-bond donors (Lipinski definition) is 2. The fourth-order valence-electron chi connectivity index (χ4n) is 1.87. The van der Waals surface area contributed by atoms with Gasteiger partial charge in [-0.2, -0.15) is 13.2 Å². The van der Waals surface area contributed by atoms with Crippen molar-refractivity contribution in [1.82, 2.24) is 5.43 Å². The van der Waals surface area contributed by atoms with Crippen LogP contribution in [0.15, 0.2) is 23.0 Å². The Balaban J connectivity index is 2.51. The van der Waals surface area contributed by atoms with Crippen molar-refractivity contribution in [2.24, 2.45) is 11.1 Å². The molecular weight excluding hydrogens is 346 g/mol. The Kier molecular flexibility index (Phi) is 4.28. The molecule has 10 heteroatoms. The van der Waals surface area contributed by atoms with Crippen molar-refractivity contribution in [2.45, 2.75) is 13.1 Å². The molecule has 0 radical (unpaired) electrons. The van der Waals surface area contributed by atoms with Crippen LogP contribution in [-0.2, 0) is 11.0 Å². The van der Waals surface area contributed by atoms with E-state index in [4.69, 9.17) is 28.4 Å². The predicted octanol–water partition coefficient (Wildman–Crippen LogP) is 3.44. The lowest BCUT2D eigenvalue weighted by Gasteiger charge is -2.20. The largest absolute Gasteiger partial charge is 0.416 e. The number of halogens is 5. The molecule has 1 fully saturated rings. The molecule has 1 amide bonds. The average Bonchev–Trinajstić information content (AvgIpc) is 2.66. The molecule has 0 aliphatic carbocycles. The van der Waals surface area contributed by atoms with E-state index in [1.54, 1.807) is 0 Å². The molecule has 1 heterocycles. The lowest BCUT2D eigenvalue weighted by Crippen LogP contribution is -2.34. The summed E-state index contributed by atoms with van der Waals surface area (Å²) in [6, 6.07) is 1.34. The standard InChI is InChI=1S/C12H8Cl2F3N3O2/c1-5-9(4-18-22)19-20(11(5)21)10-7(13)2-6(3-8(10)14)12(15,16)17/h2-3,5,19,22H,1H3. The van der Waals surface area contributed by atoms with Crippen molar-refractivity contribution in [2.75, 3.05) is 5.01 Å². The Morgan fingerprint density at radius 2 is 1.91 bits per heavy atom. The molecule has 118 valence electrons. The van der Waals surface area contributed by atoms with E-state index in [2.05, 4.69) is 16.5 Å². The maximum Gasteiger partial charge on any atom is 0.416 e. The molecule has 0 aromatic heterocycles. The zero-order chi connectivity index (χ0) is 16.7. The summed E-state index contributed by atoms with van der Waals surface area (Å²) < 4.78 is 38.1. The second kappa shape index (κ2) is 5.72. The second-order valence-corrected chi connectivity index (χ2v) is 5.23. The van der Waals surface area contributed by atoms with E-state index in [0.717, 1.165) is 5.01 Å². The number of carbonyl (C=O) groups excluding carboxylic acids is 1. The Hall–Kier alpha value is -1.89. The van der Waals surface area contributed by atoms with Crippen LogP contribution in [0.3, 0.4) is 0 Å². The highest BCUT2D eigenvalue weighted by atomic mass is 35.5. The molecule has 1 atom stereocenters. The van der Waals surface area contributed by atoms with E-state index in [0.29, 0.717) is 12.1 Å². The number of nitrogens with one attached hydrogen (secondary N) is 1. The van der Waals surface area contributed by atoms with Crippen molar-refractivity contribution < 1.29 is 23.2 Å². The molecule has 1 aromatic carbocycles. The number of amides is 1. The van der Waals surface area contributed by atoms with Gasteiger partial charge in [-0.1, -0.05) is 23.2 Å². The first-order valence-corrected chi connectivity index (χ1v) is 6.56. The minimum absolute atomic E-state index is 0.122. The number of rotatable bonds is 1. The lowest BCUT2D eigenvalue weighted by atomic mass is 10.1. The summed E-state index contributed by atoms with van der Waals surface area (Å²) in [5.74, 6) is 0.879. The average molecular weight is 354 g/mol. The minimum atomic E-state index is -4.61. The summed E-state index contributed by atoms with van der Waals surface area (Å²) in [5.41, 5.74) is 1.51. The third-order valence-electron chi connectivity index (χ3n) is 2.99. The Bertz CT molecular complexity index is 676. The highest BCUT2D eigenvalue weighted by Gasteiger charge is 2.38. The normalized spacial score (nSPS) is 18.3. The van der Waals surface area contributed by atoms with Crippen LogP contribution in [0.1, 0.15) is 12.5 Å². The maximum absolute atomic E-state index is 12.7. The highest BCUT2D eigenvalue weighted by Crippen LogP contribution is 2.41. The second-order valence-electron chi connectivity index (χ2n) is 4.42. The molecule has 0 saturated carbocycles. The van der Waals surface area contributed by atoms with Gasteiger partial charge in [0.15, 0.2) is 0 Å². The lowest BCUT2D eigenvalue weighted by molar-refractivity contribution is -0.137. The number of benzene rings is 1. The third-order valence-corrected chi connectivity index (χ3v) is 3.57. The van der Waals surface area contributed by atoms with E-state index in [1.807, 2.05) is 0 Å². The van der Waals surface area contributed by atoms with E-state index in [9.17, 15) is 18.0 Å². The van der Waals surface area contributed by atoms with Gasteiger partial charge in [-0.25, -0.2) is 5.01 Å². The topological polar surface area (TPSA) is 64.9 Å². The van der Waals surface area contributed by atoms with Crippen molar-refractivity contribution in [1.29, 1.82) is 0 Å². The molecule has 1 aromatic rings. The molecule has 1 saturated heterocycles. The summed E-state index contributed by atoms with van der Waals surface area (Å²) in [4.78, 5) is 12.1. The van der Waals surface area contributed by atoms with Crippen molar-refractivity contribution >= 4 is 40.7 Å². The molecule has 1 aliphatic rings. The first-order valence-electron chi connectivity index (χ1n) is 5.80. The SMILES string of the molecule is CC1C(=O)N(c2c(Cl)cc(C(F)(F)F)cc2Cl)NC1=C=NO. The van der Waals surface area contributed by atoms with Gasteiger partial charge in [0.25, 0.3) is 5.91 Å². The summed E-state index contributed by atoms with van der Waals surface area (Å²) in [5, 5.41) is 11.3. The van der Waals surface area contributed by atoms with Gasteiger partial charge in [-0.05, 0) is 24.2 Å². The van der Waals surface area contributed by atoms with Crippen LogP contribution < -0.4 is 10.4 Å². The van der Waals surface area contributed by atoms with E-state index >= 15 is 0 Å². The number of nitrogens with zero attached hydrogens (tertiary/aromatic N) is 2. The molecule has 22 heavy (non-hydrogen) atoms. The summed E-state index contributed by atoms with van der Waals surface area (Å²) in [7, 11) is 0. The number of anilines is 1. The summed E-state index contributed by atoms with van der Waals surface area (Å²) in [6.07, 6.45) is -4.61. The van der Waals surface area contributed by atoms with Crippen molar-refractivity contribution in [3.8, 4) is 0 Å². The van der Waals surface area contributed by atoms with Crippen molar-refractivity contribution in [3.05, 3.63) is 33.4 Å². The van der Waals surface area contributed by atoms with Gasteiger partial charge >= 0.3 is 6.18 Å². The molecule has 2 rings (SSSR count). The van der Waals surface area contributed by atoms with E-state index < -0.39 is 23.6 Å². The Morgan fingerprint density at radius 1 is 1.36 bits per heavy atom. The Labute approximate surface area is 132 Å². The fraction of sp³-hybridized carbons (Fsp3) is 0.250. The summed E-state index contributed by atoms with van der Waals surface area (Å²) >= 11 is 11.7. The zero-order valence-corrected chi connectivity index (χ0v) is 12.4. The van der Waals surface area contributed by atoms with Gasteiger partial charge in [0.1, 0.15) is 11.4 Å². The maximum atomic E-state index is 12.7. The van der Waals surface area contributed by atoms with Crippen LogP contribution in [0.5, 0.6) is 0 Å². The molecule has 5 nitrogen and oxygen atoms in total. The Morgan fingerprint density at radius 3 is 2.36 bits per heavy atom. The molecule has 2 N–H and O–H groups in total. The number of alkyl halides is 3. The van der Waals surface area contributed by atoms with Gasteiger partial charge in [-0.15, -0.1) is 0 Å². The smallest absolute Gasteiger partial charge is 0.404 e. The van der Waals surface area contributed by atoms with Gasteiger partial charge in [-0.3, -0.25) is 10.2 Å². The van der Waals surface area contributed by atoms with E-state index in [-0.39, 0.29) is 21.4 Å². The van der Waals surface area contributed by atoms with Crippen LogP contribution in [0.4, 0.5) is 18.9 Å². The highest BCUT2D eigenvalue weighted by molar-refractivity contribution is 6.40. The first-order chi connectivity index (χ1) is 10.2. The minimum Gasteiger partial charge on any atom is -0.404 e. The van der Waals surface area contributed by atoms with Crippen LogP contribution >= 0.6 is 23.2 Å². The van der Waals surface area contributed by atoms with Gasteiger partial charge in [0.05, 0.1) is 27.4 Å². The number of carbonyl (C=O) groups is 1. The fourth-order valence-corrected chi connectivity index (χ4v) is 2.53. The van der Waals surface area contributed by atoms with Crippen molar-refractivity contribution in [3.63, 3.8) is 0 Å². The van der Waals surface area contributed by atoms with Crippen LogP contribution in [0.2, 0.25) is 10.0 Å². The monoisotopic (exact) mass is 353 g/mol. The predicted molar refractivity (Wildman–Crippen MR) is 74.0 cm³/mol. The van der Waals surface area contributed by atoms with Crippen LogP contribution in [0, 0.1) is 5.92 Å². The molecular formula is C12H8Cl2F3N3O2. The van der Waals surface area contributed by atoms with Gasteiger partial charge in [0.2, 0.25) is 0 Å². The van der Waals surface area contributed by atoms with Gasteiger partial charge < -0.3 is 5.21 Å². The molecule has 0 bridgehead atoms. The zero-order valence-electron chi connectivity index (χ0n) is 10.9. The molecule has 1 unspecified atom stereocenters. The molecule has 0 spiro atoms. The first kappa shape index (κ1) is 16.5. The van der Waals surface area contributed by atoms with Crippen LogP contribution in [0.25, 0.3) is 0 Å². The summed E-state index contributed by atoms with van der Waals surface area (Å²) in [6.45, 7) is 1.49. The van der Waals surface area contributed by atoms with Gasteiger partial charge in [0, 0.05) is 0 Å². The molecule has 1 aliphatic heterocycles. The van der Waals surface area contributed by atoms with Crippen LogP contribution in [-0.4, -0.2) is 17.0 Å². The quantitative estimate of drug-likeness (QED) is 0.461. The number of hydrogen-bond acceptors (Lipinski definition) is 4. The third kappa shape index (κ3) is 2.85.